The van der Waals surface area contributed by atoms with E-state index in [1.807, 2.05) is 0 Å². The van der Waals surface area contributed by atoms with Gasteiger partial charge in [-0.1, -0.05) is 0 Å². The smallest absolute Gasteiger partial charge is 0.272 e. The molecule has 0 spiro atoms. The van der Waals surface area contributed by atoms with Crippen molar-refractivity contribution < 1.29 is 9.72 Å². The Morgan fingerprint density at radius 3 is 2.78 bits per heavy atom. The van der Waals surface area contributed by atoms with Crippen molar-refractivity contribution in [3.8, 4) is 5.82 Å². The molecule has 0 fully saturated rings. The van der Waals surface area contributed by atoms with Crippen LogP contribution in [0.25, 0.3) is 5.82 Å². The molecule has 0 bridgehead atoms. The number of aromatic nitrogens is 5. The molecular formula is C16H15N7O4. The second-order valence-corrected chi connectivity index (χ2v) is 5.61. The molecule has 1 aromatic carbocycles. The first-order chi connectivity index (χ1) is 13.0. The number of nitrogens with one attached hydrogen (secondary N) is 1. The molecule has 0 unspecified atom stereocenters. The van der Waals surface area contributed by atoms with Crippen molar-refractivity contribution in [2.45, 2.75) is 13.5 Å². The summed E-state index contributed by atoms with van der Waals surface area (Å²) in [5.74, 6) is 0.0258. The normalized spacial score (nSPS) is 10.6. The van der Waals surface area contributed by atoms with Crippen molar-refractivity contribution in [1.29, 1.82) is 0 Å². The zero-order valence-electron chi connectivity index (χ0n) is 14.3. The molecule has 0 atom stereocenters. The van der Waals surface area contributed by atoms with Crippen molar-refractivity contribution in [3.63, 3.8) is 0 Å². The second kappa shape index (κ2) is 7.56. The molecule has 0 saturated heterocycles. The van der Waals surface area contributed by atoms with Gasteiger partial charge in [0.05, 0.1) is 11.5 Å². The number of nitrogens with zero attached hydrogens (tertiary/aromatic N) is 6. The number of benzene rings is 1. The minimum absolute atomic E-state index is 0.0489. The average Bonchev–Trinajstić information content (AvgIpc) is 3.17. The van der Waals surface area contributed by atoms with Gasteiger partial charge in [0.1, 0.15) is 12.7 Å². The van der Waals surface area contributed by atoms with Crippen LogP contribution in [0.4, 0.5) is 5.69 Å². The highest BCUT2D eigenvalue weighted by molar-refractivity contribution is 5.94. The fourth-order valence-electron chi connectivity index (χ4n) is 2.43. The molecule has 0 saturated carbocycles. The van der Waals surface area contributed by atoms with Crippen LogP contribution >= 0.6 is 0 Å². The molecule has 0 aliphatic carbocycles. The van der Waals surface area contributed by atoms with Crippen LogP contribution in [0.1, 0.15) is 15.9 Å². The Hall–Kier alpha value is -3.89. The van der Waals surface area contributed by atoms with Gasteiger partial charge in [0.15, 0.2) is 5.82 Å². The van der Waals surface area contributed by atoms with E-state index in [1.165, 1.54) is 52.4 Å². The predicted molar refractivity (Wildman–Crippen MR) is 93.6 cm³/mol. The molecule has 1 amide bonds. The van der Waals surface area contributed by atoms with Gasteiger partial charge >= 0.3 is 0 Å². The first-order valence-corrected chi connectivity index (χ1v) is 7.92. The molecule has 2 aromatic heterocycles. The van der Waals surface area contributed by atoms with Gasteiger partial charge in [-0.25, -0.2) is 14.3 Å². The Morgan fingerprint density at radius 2 is 2.11 bits per heavy atom. The fraction of sp³-hybridized carbons (Fsp3) is 0.188. The van der Waals surface area contributed by atoms with Gasteiger partial charge in [-0.15, -0.1) is 5.10 Å². The summed E-state index contributed by atoms with van der Waals surface area (Å²) in [5, 5.41) is 21.6. The lowest BCUT2D eigenvalue weighted by Gasteiger charge is -2.08. The largest absolute Gasteiger partial charge is 0.350 e. The maximum absolute atomic E-state index is 12.2. The van der Waals surface area contributed by atoms with Crippen LogP contribution in [0.3, 0.4) is 0 Å². The van der Waals surface area contributed by atoms with Crippen molar-refractivity contribution in [1.82, 2.24) is 29.9 Å². The summed E-state index contributed by atoms with van der Waals surface area (Å²) in [7, 11) is 0. The van der Waals surface area contributed by atoms with Crippen molar-refractivity contribution >= 4 is 11.6 Å². The van der Waals surface area contributed by atoms with Gasteiger partial charge in [0.2, 0.25) is 0 Å². The van der Waals surface area contributed by atoms with E-state index >= 15 is 0 Å². The van der Waals surface area contributed by atoms with E-state index in [-0.39, 0.29) is 24.3 Å². The van der Waals surface area contributed by atoms with Crippen molar-refractivity contribution in [2.24, 2.45) is 0 Å². The van der Waals surface area contributed by atoms with Gasteiger partial charge in [-0.05, 0) is 25.1 Å². The molecule has 0 aliphatic rings. The van der Waals surface area contributed by atoms with E-state index < -0.39 is 10.8 Å². The van der Waals surface area contributed by atoms with Gasteiger partial charge in [-0.3, -0.25) is 19.7 Å². The Morgan fingerprint density at radius 1 is 1.30 bits per heavy atom. The average molecular weight is 369 g/mol. The summed E-state index contributed by atoms with van der Waals surface area (Å²) in [6.07, 6.45) is 2.80. The van der Waals surface area contributed by atoms with Crippen LogP contribution in [0.2, 0.25) is 0 Å². The molecule has 2 heterocycles. The highest BCUT2D eigenvalue weighted by Gasteiger charge is 2.13. The number of nitro benzene ring substituents is 1. The number of carbonyl (C=O) groups excluding carboxylic acids is 1. The molecular weight excluding hydrogens is 354 g/mol. The molecule has 11 heteroatoms. The lowest BCUT2D eigenvalue weighted by Crippen LogP contribution is -2.32. The van der Waals surface area contributed by atoms with Gasteiger partial charge < -0.3 is 5.32 Å². The standard InChI is InChI=1S/C16H15N7O4/c1-11-8-12(2-3-13(11)23(26)27)16(25)18-6-7-21-15(24)5-4-14(20-21)22-10-17-9-19-22/h2-5,8-10H,6-7H2,1H3,(H,18,25). The van der Waals surface area contributed by atoms with Gasteiger partial charge in [0, 0.05) is 29.8 Å². The van der Waals surface area contributed by atoms with Crippen LogP contribution in [0.15, 0.2) is 47.8 Å². The summed E-state index contributed by atoms with van der Waals surface area (Å²) in [6.45, 7) is 1.87. The van der Waals surface area contributed by atoms with Gasteiger partial charge in [-0.2, -0.15) is 5.10 Å². The minimum atomic E-state index is -0.503. The Balaban J connectivity index is 1.65. The van der Waals surface area contributed by atoms with E-state index in [9.17, 15) is 19.7 Å². The van der Waals surface area contributed by atoms with E-state index in [1.54, 1.807) is 6.92 Å². The molecule has 1 N–H and O–H groups in total. The monoisotopic (exact) mass is 369 g/mol. The molecule has 0 aliphatic heterocycles. The molecule has 0 radical (unpaired) electrons. The third kappa shape index (κ3) is 4.03. The molecule has 138 valence electrons. The first kappa shape index (κ1) is 17.9. The quantitative estimate of drug-likeness (QED) is 0.492. The Kier molecular flexibility index (Phi) is 5.01. The topological polar surface area (TPSA) is 138 Å². The van der Waals surface area contributed by atoms with Crippen LogP contribution in [-0.4, -0.2) is 41.9 Å². The SMILES string of the molecule is Cc1cc(C(=O)NCCn2nc(-n3cncn3)ccc2=O)ccc1[N+](=O)[O-]. The number of nitro groups is 1. The molecule has 3 aromatic rings. The Bertz CT molecular complexity index is 1040. The lowest BCUT2D eigenvalue weighted by molar-refractivity contribution is -0.385. The number of hydrogen-bond donors (Lipinski definition) is 1. The highest BCUT2D eigenvalue weighted by Crippen LogP contribution is 2.18. The van der Waals surface area contributed by atoms with E-state index in [0.29, 0.717) is 16.9 Å². The summed E-state index contributed by atoms with van der Waals surface area (Å²) in [6, 6.07) is 6.99. The van der Waals surface area contributed by atoms with E-state index in [0.717, 1.165) is 0 Å². The summed E-state index contributed by atoms with van der Waals surface area (Å²) in [4.78, 5) is 38.3. The van der Waals surface area contributed by atoms with E-state index in [2.05, 4.69) is 20.5 Å². The van der Waals surface area contributed by atoms with Crippen LogP contribution < -0.4 is 10.9 Å². The third-order valence-corrected chi connectivity index (χ3v) is 3.77. The molecule has 3 rings (SSSR count). The Labute approximate surface area is 152 Å². The first-order valence-electron chi connectivity index (χ1n) is 7.92. The fourth-order valence-corrected chi connectivity index (χ4v) is 2.43. The summed E-state index contributed by atoms with van der Waals surface area (Å²) < 4.78 is 2.62. The summed E-state index contributed by atoms with van der Waals surface area (Å²) in [5.41, 5.74) is 0.326. The number of aryl methyl sites for hydroxylation is 1. The lowest BCUT2D eigenvalue weighted by atomic mass is 10.1. The maximum Gasteiger partial charge on any atom is 0.272 e. The number of carbonyl (C=O) groups is 1. The van der Waals surface area contributed by atoms with Crippen LogP contribution in [0.5, 0.6) is 0 Å². The van der Waals surface area contributed by atoms with Crippen LogP contribution in [-0.2, 0) is 6.54 Å². The minimum Gasteiger partial charge on any atom is -0.350 e. The van der Waals surface area contributed by atoms with E-state index in [4.69, 9.17) is 0 Å². The molecule has 27 heavy (non-hydrogen) atoms. The highest BCUT2D eigenvalue weighted by atomic mass is 16.6. The number of hydrogen-bond acceptors (Lipinski definition) is 7. The van der Waals surface area contributed by atoms with Crippen molar-refractivity contribution in [3.05, 3.63) is 74.6 Å². The zero-order chi connectivity index (χ0) is 19.4. The third-order valence-electron chi connectivity index (χ3n) is 3.77. The van der Waals surface area contributed by atoms with Crippen molar-refractivity contribution in [2.75, 3.05) is 6.54 Å². The van der Waals surface area contributed by atoms with Gasteiger partial charge in [0.25, 0.3) is 17.2 Å². The predicted octanol–water partition coefficient (Wildman–Crippen LogP) is 0.471. The summed E-state index contributed by atoms with van der Waals surface area (Å²) >= 11 is 0. The van der Waals surface area contributed by atoms with Crippen LogP contribution in [0, 0.1) is 17.0 Å². The zero-order valence-corrected chi connectivity index (χ0v) is 14.3. The second-order valence-electron chi connectivity index (χ2n) is 5.61. The molecule has 11 nitrogen and oxygen atoms in total. The number of amides is 1. The number of rotatable bonds is 6. The maximum atomic E-state index is 12.2.